The van der Waals surface area contributed by atoms with Crippen LogP contribution < -0.4 is 5.90 Å². The van der Waals surface area contributed by atoms with Crippen molar-refractivity contribution in [3.05, 3.63) is 54.1 Å². The standard InChI is InChI=1S/C15H14N2O2/c16-18-10-9-11-5-1-2-6-12(11)15-17-13-7-3-4-8-14(13)19-15/h1-8H,9-10,16H2. The summed E-state index contributed by atoms with van der Waals surface area (Å²) in [6.07, 6.45) is 0.728. The number of nitrogens with zero attached hydrogens (tertiary/aromatic N) is 1. The second-order valence-electron chi connectivity index (χ2n) is 4.26. The maximum absolute atomic E-state index is 5.79. The molecule has 0 saturated heterocycles. The van der Waals surface area contributed by atoms with Crippen LogP contribution in [-0.2, 0) is 11.3 Å². The lowest BCUT2D eigenvalue weighted by Gasteiger charge is -2.05. The van der Waals surface area contributed by atoms with Gasteiger partial charge in [0.1, 0.15) is 5.52 Å². The summed E-state index contributed by atoms with van der Waals surface area (Å²) in [5.74, 6) is 5.72. The van der Waals surface area contributed by atoms with Crippen LogP contribution in [0.2, 0.25) is 0 Å². The van der Waals surface area contributed by atoms with Crippen LogP contribution in [0.15, 0.2) is 52.9 Å². The Balaban J connectivity index is 2.05. The minimum atomic E-state index is 0.469. The van der Waals surface area contributed by atoms with Crippen molar-refractivity contribution in [3.63, 3.8) is 0 Å². The zero-order valence-electron chi connectivity index (χ0n) is 10.4. The van der Waals surface area contributed by atoms with Crippen LogP contribution in [0.25, 0.3) is 22.6 Å². The molecular formula is C15H14N2O2. The fourth-order valence-electron chi connectivity index (χ4n) is 2.10. The number of hydrogen-bond acceptors (Lipinski definition) is 4. The number of aromatic nitrogens is 1. The average molecular weight is 254 g/mol. The summed E-state index contributed by atoms with van der Waals surface area (Å²) in [4.78, 5) is 9.16. The lowest BCUT2D eigenvalue weighted by Crippen LogP contribution is -2.04. The first-order valence-electron chi connectivity index (χ1n) is 6.14. The summed E-state index contributed by atoms with van der Waals surface area (Å²) in [5.41, 5.74) is 3.75. The van der Waals surface area contributed by atoms with Crippen LogP contribution >= 0.6 is 0 Å². The summed E-state index contributed by atoms with van der Waals surface area (Å²) in [6, 6.07) is 15.7. The molecule has 3 aromatic rings. The molecule has 0 aliphatic heterocycles. The molecule has 0 saturated carbocycles. The van der Waals surface area contributed by atoms with Gasteiger partial charge < -0.3 is 9.25 Å². The molecule has 2 N–H and O–H groups in total. The summed E-state index contributed by atoms with van der Waals surface area (Å²) >= 11 is 0. The predicted molar refractivity (Wildman–Crippen MR) is 73.3 cm³/mol. The van der Waals surface area contributed by atoms with Gasteiger partial charge in [-0.3, -0.25) is 0 Å². The Kier molecular flexibility index (Phi) is 3.27. The largest absolute Gasteiger partial charge is 0.436 e. The minimum Gasteiger partial charge on any atom is -0.436 e. The lowest BCUT2D eigenvalue weighted by molar-refractivity contribution is 0.141. The number of hydrogen-bond donors (Lipinski definition) is 1. The van der Waals surface area contributed by atoms with Crippen LogP contribution in [0.4, 0.5) is 0 Å². The van der Waals surface area contributed by atoms with E-state index < -0.39 is 0 Å². The summed E-state index contributed by atoms with van der Waals surface area (Å²) < 4.78 is 5.79. The predicted octanol–water partition coefficient (Wildman–Crippen LogP) is 2.93. The van der Waals surface area contributed by atoms with Gasteiger partial charge in [-0.05, 0) is 30.2 Å². The molecule has 2 aromatic carbocycles. The van der Waals surface area contributed by atoms with Gasteiger partial charge in [0.05, 0.1) is 6.61 Å². The summed E-state index contributed by atoms with van der Waals surface area (Å²) in [7, 11) is 0. The monoisotopic (exact) mass is 254 g/mol. The van der Waals surface area contributed by atoms with Crippen molar-refractivity contribution < 1.29 is 9.25 Å². The fourth-order valence-corrected chi connectivity index (χ4v) is 2.10. The Bertz CT molecular complexity index is 658. The molecule has 0 bridgehead atoms. The maximum atomic E-state index is 5.79. The Hall–Kier alpha value is -2.17. The minimum absolute atomic E-state index is 0.469. The normalized spacial score (nSPS) is 11.0. The highest BCUT2D eigenvalue weighted by atomic mass is 16.6. The van der Waals surface area contributed by atoms with Crippen molar-refractivity contribution in [2.75, 3.05) is 6.61 Å². The smallest absolute Gasteiger partial charge is 0.227 e. The highest BCUT2D eigenvalue weighted by Gasteiger charge is 2.11. The highest BCUT2D eigenvalue weighted by molar-refractivity contribution is 5.76. The molecule has 0 atom stereocenters. The van der Waals surface area contributed by atoms with Crippen molar-refractivity contribution in [2.45, 2.75) is 6.42 Å². The molecule has 0 unspecified atom stereocenters. The fraction of sp³-hybridized carbons (Fsp3) is 0.133. The van der Waals surface area contributed by atoms with Crippen LogP contribution in [0, 0.1) is 0 Å². The molecule has 4 nitrogen and oxygen atoms in total. The third kappa shape index (κ3) is 2.36. The van der Waals surface area contributed by atoms with Crippen molar-refractivity contribution in [1.82, 2.24) is 4.98 Å². The van der Waals surface area contributed by atoms with E-state index in [1.54, 1.807) is 0 Å². The third-order valence-electron chi connectivity index (χ3n) is 3.03. The van der Waals surface area contributed by atoms with Crippen molar-refractivity contribution in [1.29, 1.82) is 0 Å². The first-order chi connectivity index (χ1) is 9.38. The SMILES string of the molecule is NOCCc1ccccc1-c1nc2ccccc2o1. The zero-order chi connectivity index (χ0) is 13.1. The van der Waals surface area contributed by atoms with E-state index in [1.807, 2.05) is 48.5 Å². The lowest BCUT2D eigenvalue weighted by atomic mass is 10.1. The van der Waals surface area contributed by atoms with Crippen molar-refractivity contribution >= 4 is 11.1 Å². The number of fused-ring (bicyclic) bond motifs is 1. The first-order valence-corrected chi connectivity index (χ1v) is 6.14. The molecule has 0 fully saturated rings. The zero-order valence-corrected chi connectivity index (χ0v) is 10.4. The molecule has 0 aliphatic carbocycles. The number of nitrogens with two attached hydrogens (primary N) is 1. The molecule has 19 heavy (non-hydrogen) atoms. The first kappa shape index (κ1) is 11.9. The van der Waals surface area contributed by atoms with Crippen LogP contribution in [0.3, 0.4) is 0 Å². The number of para-hydroxylation sites is 2. The summed E-state index contributed by atoms with van der Waals surface area (Å²) in [6.45, 7) is 0.469. The summed E-state index contributed by atoms with van der Waals surface area (Å²) in [5, 5.41) is 0. The van der Waals surface area contributed by atoms with Gasteiger partial charge in [-0.1, -0.05) is 30.3 Å². The third-order valence-corrected chi connectivity index (χ3v) is 3.03. The van der Waals surface area contributed by atoms with E-state index in [9.17, 15) is 0 Å². The molecule has 96 valence electrons. The van der Waals surface area contributed by atoms with E-state index in [1.165, 1.54) is 0 Å². The van der Waals surface area contributed by atoms with E-state index in [2.05, 4.69) is 9.82 Å². The van der Waals surface area contributed by atoms with E-state index in [0.717, 1.165) is 28.6 Å². The molecule has 1 aromatic heterocycles. The number of benzene rings is 2. The Morgan fingerprint density at radius 1 is 1.05 bits per heavy atom. The van der Waals surface area contributed by atoms with Gasteiger partial charge in [0, 0.05) is 5.56 Å². The van der Waals surface area contributed by atoms with Crippen LogP contribution in [0.5, 0.6) is 0 Å². The molecule has 0 spiro atoms. The van der Waals surface area contributed by atoms with Gasteiger partial charge in [0.15, 0.2) is 5.58 Å². The van der Waals surface area contributed by atoms with E-state index in [4.69, 9.17) is 10.3 Å². The molecule has 3 rings (SSSR count). The molecule has 1 heterocycles. The molecule has 0 aliphatic rings. The van der Waals surface area contributed by atoms with Gasteiger partial charge in [0.2, 0.25) is 5.89 Å². The van der Waals surface area contributed by atoms with Gasteiger partial charge in [-0.15, -0.1) is 0 Å². The molecule has 0 amide bonds. The number of rotatable bonds is 4. The Morgan fingerprint density at radius 3 is 2.68 bits per heavy atom. The van der Waals surface area contributed by atoms with E-state index >= 15 is 0 Å². The highest BCUT2D eigenvalue weighted by Crippen LogP contribution is 2.27. The van der Waals surface area contributed by atoms with Gasteiger partial charge in [-0.2, -0.15) is 0 Å². The van der Waals surface area contributed by atoms with Crippen molar-refractivity contribution in [3.8, 4) is 11.5 Å². The van der Waals surface area contributed by atoms with Crippen LogP contribution in [0.1, 0.15) is 5.56 Å². The molecular weight excluding hydrogens is 240 g/mol. The van der Waals surface area contributed by atoms with Crippen molar-refractivity contribution in [2.24, 2.45) is 5.90 Å². The number of oxazole rings is 1. The van der Waals surface area contributed by atoms with Gasteiger partial charge >= 0.3 is 0 Å². The quantitative estimate of drug-likeness (QED) is 0.727. The van der Waals surface area contributed by atoms with Gasteiger partial charge in [-0.25, -0.2) is 10.9 Å². The second-order valence-corrected chi connectivity index (χ2v) is 4.26. The maximum Gasteiger partial charge on any atom is 0.227 e. The molecule has 0 radical (unpaired) electrons. The van der Waals surface area contributed by atoms with Gasteiger partial charge in [0.25, 0.3) is 0 Å². The topological polar surface area (TPSA) is 61.3 Å². The molecule has 4 heteroatoms. The average Bonchev–Trinajstić information content (AvgIpc) is 2.89. The van der Waals surface area contributed by atoms with Crippen LogP contribution in [-0.4, -0.2) is 11.6 Å². The Labute approximate surface area is 110 Å². The van der Waals surface area contributed by atoms with E-state index in [-0.39, 0.29) is 0 Å². The second kappa shape index (κ2) is 5.22. The van der Waals surface area contributed by atoms with E-state index in [0.29, 0.717) is 12.5 Å². The Morgan fingerprint density at radius 2 is 1.84 bits per heavy atom.